The Kier molecular flexibility index (Phi) is 6.23. The normalized spacial score (nSPS) is 22.0. The minimum absolute atomic E-state index is 0.281. The minimum atomic E-state index is 0.281. The van der Waals surface area contributed by atoms with Crippen LogP contribution in [0.15, 0.2) is 6.07 Å². The number of aromatic nitrogens is 2. The molecule has 5 heteroatoms. The zero-order valence-electron chi connectivity index (χ0n) is 13.4. The van der Waals surface area contributed by atoms with E-state index < -0.39 is 0 Å². The number of ether oxygens (including phenoxy) is 2. The Bertz CT molecular complexity index is 440. The molecule has 1 aliphatic carbocycles. The van der Waals surface area contributed by atoms with Crippen LogP contribution in [0.4, 0.5) is 5.82 Å². The Hall–Kier alpha value is -1.36. The standard InChI is InChI=1S/C16H27N3O2/c1-4-12-8-6-7-9-13(12)21-16-10-14(17-3)18-15(19-16)11-20-5-2/h10,12-13H,4-9,11H2,1-3H3,(H,17,18,19). The molecule has 0 saturated heterocycles. The second kappa shape index (κ2) is 8.17. The molecule has 1 aromatic heterocycles. The van der Waals surface area contributed by atoms with Gasteiger partial charge in [-0.1, -0.05) is 13.3 Å². The third-order valence-electron chi connectivity index (χ3n) is 4.08. The van der Waals surface area contributed by atoms with Gasteiger partial charge in [-0.2, -0.15) is 4.98 Å². The van der Waals surface area contributed by atoms with Crippen molar-refractivity contribution in [1.82, 2.24) is 9.97 Å². The summed E-state index contributed by atoms with van der Waals surface area (Å²) < 4.78 is 11.6. The van der Waals surface area contributed by atoms with E-state index in [1.807, 2.05) is 20.0 Å². The second-order valence-corrected chi connectivity index (χ2v) is 5.50. The number of rotatable bonds is 7. The van der Waals surface area contributed by atoms with E-state index >= 15 is 0 Å². The van der Waals surface area contributed by atoms with Gasteiger partial charge in [-0.25, -0.2) is 4.98 Å². The predicted molar refractivity (Wildman–Crippen MR) is 83.6 cm³/mol. The van der Waals surface area contributed by atoms with Crippen LogP contribution >= 0.6 is 0 Å². The lowest BCUT2D eigenvalue weighted by atomic mass is 9.85. The fourth-order valence-corrected chi connectivity index (χ4v) is 2.87. The van der Waals surface area contributed by atoms with Crippen LogP contribution in [0.2, 0.25) is 0 Å². The summed E-state index contributed by atoms with van der Waals surface area (Å²) in [5.74, 6) is 2.75. The summed E-state index contributed by atoms with van der Waals surface area (Å²) in [6, 6.07) is 1.87. The van der Waals surface area contributed by atoms with Gasteiger partial charge in [0.1, 0.15) is 18.5 Å². The van der Waals surface area contributed by atoms with E-state index in [1.54, 1.807) is 0 Å². The molecule has 0 spiro atoms. The van der Waals surface area contributed by atoms with Gasteiger partial charge in [0.05, 0.1) is 0 Å². The highest BCUT2D eigenvalue weighted by atomic mass is 16.5. The van der Waals surface area contributed by atoms with Crippen molar-refractivity contribution >= 4 is 5.82 Å². The molecule has 1 fully saturated rings. The number of hydrogen-bond donors (Lipinski definition) is 1. The summed E-state index contributed by atoms with van der Waals surface area (Å²) in [7, 11) is 1.85. The van der Waals surface area contributed by atoms with Crippen LogP contribution in [0.3, 0.4) is 0 Å². The Balaban J connectivity index is 2.10. The average Bonchev–Trinajstić information content (AvgIpc) is 2.53. The Labute approximate surface area is 127 Å². The molecule has 0 amide bonds. The summed E-state index contributed by atoms with van der Waals surface area (Å²) in [6.45, 7) is 5.28. The topological polar surface area (TPSA) is 56.3 Å². The van der Waals surface area contributed by atoms with Gasteiger partial charge in [-0.15, -0.1) is 0 Å². The Morgan fingerprint density at radius 2 is 2.05 bits per heavy atom. The van der Waals surface area contributed by atoms with Crippen LogP contribution in [0.25, 0.3) is 0 Å². The van der Waals surface area contributed by atoms with Crippen molar-refractivity contribution < 1.29 is 9.47 Å². The smallest absolute Gasteiger partial charge is 0.219 e. The maximum absolute atomic E-state index is 6.18. The maximum atomic E-state index is 6.18. The number of nitrogens with one attached hydrogen (secondary N) is 1. The summed E-state index contributed by atoms with van der Waals surface area (Å²) in [4.78, 5) is 8.88. The molecule has 0 aromatic carbocycles. The molecule has 2 unspecified atom stereocenters. The molecular formula is C16H27N3O2. The van der Waals surface area contributed by atoms with Crippen molar-refractivity contribution in [2.75, 3.05) is 19.0 Å². The summed E-state index contributed by atoms with van der Waals surface area (Å²) in [5, 5.41) is 3.06. The van der Waals surface area contributed by atoms with Crippen LogP contribution in [0.1, 0.15) is 51.8 Å². The van der Waals surface area contributed by atoms with Gasteiger partial charge in [-0.3, -0.25) is 0 Å². The van der Waals surface area contributed by atoms with Gasteiger partial charge >= 0.3 is 0 Å². The first-order valence-electron chi connectivity index (χ1n) is 8.06. The first kappa shape index (κ1) is 16.0. The van der Waals surface area contributed by atoms with Gasteiger partial charge in [0.2, 0.25) is 5.88 Å². The summed E-state index contributed by atoms with van der Waals surface area (Å²) in [6.07, 6.45) is 6.40. The first-order chi connectivity index (χ1) is 10.3. The molecule has 5 nitrogen and oxygen atoms in total. The van der Waals surface area contributed by atoms with Gasteiger partial charge in [0.15, 0.2) is 5.82 Å². The van der Waals surface area contributed by atoms with Crippen LogP contribution in [0, 0.1) is 5.92 Å². The number of nitrogens with zero attached hydrogens (tertiary/aromatic N) is 2. The molecule has 0 radical (unpaired) electrons. The van der Waals surface area contributed by atoms with Crippen molar-refractivity contribution in [3.8, 4) is 5.88 Å². The minimum Gasteiger partial charge on any atom is -0.474 e. The van der Waals surface area contributed by atoms with E-state index in [1.165, 1.54) is 25.7 Å². The molecule has 1 saturated carbocycles. The second-order valence-electron chi connectivity index (χ2n) is 5.50. The molecule has 2 rings (SSSR count). The lowest BCUT2D eigenvalue weighted by molar-refractivity contribution is 0.0837. The van der Waals surface area contributed by atoms with Crippen LogP contribution in [-0.2, 0) is 11.3 Å². The van der Waals surface area contributed by atoms with Crippen molar-refractivity contribution in [3.63, 3.8) is 0 Å². The number of hydrogen-bond acceptors (Lipinski definition) is 5. The van der Waals surface area contributed by atoms with E-state index in [4.69, 9.17) is 9.47 Å². The maximum Gasteiger partial charge on any atom is 0.219 e. The van der Waals surface area contributed by atoms with Crippen LogP contribution in [-0.4, -0.2) is 29.7 Å². The highest BCUT2D eigenvalue weighted by Gasteiger charge is 2.25. The Morgan fingerprint density at radius 1 is 1.24 bits per heavy atom. The average molecular weight is 293 g/mol. The lowest BCUT2D eigenvalue weighted by Crippen LogP contribution is -2.30. The SMILES string of the molecule is CCOCc1nc(NC)cc(OC2CCCCC2CC)n1. The third-order valence-corrected chi connectivity index (χ3v) is 4.08. The van der Waals surface area contributed by atoms with Crippen LogP contribution < -0.4 is 10.1 Å². The lowest BCUT2D eigenvalue weighted by Gasteiger charge is -2.30. The van der Waals surface area contributed by atoms with Gasteiger partial charge in [-0.05, 0) is 38.5 Å². The van der Waals surface area contributed by atoms with Crippen molar-refractivity contribution in [2.45, 2.75) is 58.7 Å². The van der Waals surface area contributed by atoms with Gasteiger partial charge < -0.3 is 14.8 Å². The van der Waals surface area contributed by atoms with E-state index in [2.05, 4.69) is 22.2 Å². The molecule has 1 aromatic rings. The zero-order chi connectivity index (χ0) is 15.1. The largest absolute Gasteiger partial charge is 0.474 e. The first-order valence-corrected chi connectivity index (χ1v) is 8.06. The highest BCUT2D eigenvalue weighted by molar-refractivity contribution is 5.37. The molecular weight excluding hydrogens is 266 g/mol. The molecule has 1 aliphatic rings. The summed E-state index contributed by atoms with van der Waals surface area (Å²) >= 11 is 0. The molecule has 1 heterocycles. The molecule has 118 valence electrons. The monoisotopic (exact) mass is 293 g/mol. The molecule has 1 N–H and O–H groups in total. The van der Waals surface area contributed by atoms with Crippen molar-refractivity contribution in [1.29, 1.82) is 0 Å². The van der Waals surface area contributed by atoms with E-state index in [0.717, 1.165) is 12.2 Å². The number of anilines is 1. The molecule has 0 bridgehead atoms. The fraction of sp³-hybridized carbons (Fsp3) is 0.750. The van der Waals surface area contributed by atoms with E-state index in [9.17, 15) is 0 Å². The van der Waals surface area contributed by atoms with Gasteiger partial charge in [0, 0.05) is 19.7 Å². The van der Waals surface area contributed by atoms with E-state index in [-0.39, 0.29) is 6.10 Å². The molecule has 21 heavy (non-hydrogen) atoms. The van der Waals surface area contributed by atoms with E-state index in [0.29, 0.717) is 30.8 Å². The highest BCUT2D eigenvalue weighted by Crippen LogP contribution is 2.30. The van der Waals surface area contributed by atoms with Crippen LogP contribution in [0.5, 0.6) is 5.88 Å². The quantitative estimate of drug-likeness (QED) is 0.835. The molecule has 2 atom stereocenters. The molecule has 0 aliphatic heterocycles. The zero-order valence-corrected chi connectivity index (χ0v) is 13.4. The fourth-order valence-electron chi connectivity index (χ4n) is 2.87. The summed E-state index contributed by atoms with van der Waals surface area (Å²) in [5.41, 5.74) is 0. The Morgan fingerprint density at radius 3 is 2.76 bits per heavy atom. The van der Waals surface area contributed by atoms with Crippen molar-refractivity contribution in [2.24, 2.45) is 5.92 Å². The van der Waals surface area contributed by atoms with Crippen molar-refractivity contribution in [3.05, 3.63) is 11.9 Å². The predicted octanol–water partition coefficient (Wildman–Crippen LogP) is 3.40. The third kappa shape index (κ3) is 4.56. The van der Waals surface area contributed by atoms with Gasteiger partial charge in [0.25, 0.3) is 0 Å².